The van der Waals surface area contributed by atoms with E-state index in [4.69, 9.17) is 9.47 Å². The molecule has 3 rings (SSSR count). The molecule has 2 aromatic rings. The summed E-state index contributed by atoms with van der Waals surface area (Å²) in [4.78, 5) is 14.2. The van der Waals surface area contributed by atoms with Gasteiger partial charge in [-0.05, 0) is 35.4 Å². The van der Waals surface area contributed by atoms with Crippen LogP contribution in [0.15, 0.2) is 48.5 Å². The van der Waals surface area contributed by atoms with Gasteiger partial charge in [0.15, 0.2) is 6.61 Å². The highest BCUT2D eigenvalue weighted by Gasteiger charge is 2.30. The van der Waals surface area contributed by atoms with Crippen molar-refractivity contribution in [3.05, 3.63) is 65.2 Å². The lowest BCUT2D eigenvalue weighted by molar-refractivity contribution is -0.137. The zero-order chi connectivity index (χ0) is 20.7. The number of alkyl halides is 3. The highest BCUT2D eigenvalue weighted by molar-refractivity contribution is 5.77. The standard InChI is InChI=1S/C21H23F3N2O3/c22-21(23,24)18-5-7-19(8-6-18)29-15-20(27)25-13-16-1-3-17(4-2-16)14-26-9-11-28-12-10-26/h1-8H,9-15H2,(H,25,27). The minimum absolute atomic E-state index is 0.209. The molecule has 2 aromatic carbocycles. The molecule has 0 radical (unpaired) electrons. The summed E-state index contributed by atoms with van der Waals surface area (Å²) >= 11 is 0. The van der Waals surface area contributed by atoms with Gasteiger partial charge in [-0.25, -0.2) is 0 Å². The summed E-state index contributed by atoms with van der Waals surface area (Å²) in [5.74, 6) is -0.136. The van der Waals surface area contributed by atoms with Gasteiger partial charge in [-0.1, -0.05) is 24.3 Å². The summed E-state index contributed by atoms with van der Waals surface area (Å²) in [6, 6.07) is 12.2. The molecule has 0 spiro atoms. The Hall–Kier alpha value is -2.58. The minimum atomic E-state index is -4.40. The Labute approximate surface area is 167 Å². The van der Waals surface area contributed by atoms with E-state index in [1.165, 1.54) is 17.7 Å². The average Bonchev–Trinajstić information content (AvgIpc) is 2.72. The van der Waals surface area contributed by atoms with E-state index in [0.29, 0.717) is 6.54 Å². The average molecular weight is 408 g/mol. The van der Waals surface area contributed by atoms with Gasteiger partial charge < -0.3 is 14.8 Å². The first kappa shape index (κ1) is 21.1. The lowest BCUT2D eigenvalue weighted by atomic mass is 10.1. The molecule has 1 aliphatic rings. The molecule has 0 saturated carbocycles. The monoisotopic (exact) mass is 408 g/mol. The Balaban J connectivity index is 1.39. The summed E-state index contributed by atoms with van der Waals surface area (Å²) < 4.78 is 48.1. The number of nitrogens with one attached hydrogen (secondary N) is 1. The number of rotatable bonds is 7. The number of nitrogens with zero attached hydrogens (tertiary/aromatic N) is 1. The van der Waals surface area contributed by atoms with Crippen molar-refractivity contribution in [2.24, 2.45) is 0 Å². The second-order valence-electron chi connectivity index (χ2n) is 6.79. The fourth-order valence-electron chi connectivity index (χ4n) is 2.92. The van der Waals surface area contributed by atoms with Crippen LogP contribution in [0, 0.1) is 0 Å². The van der Waals surface area contributed by atoms with Crippen LogP contribution < -0.4 is 10.1 Å². The number of hydrogen-bond donors (Lipinski definition) is 1. The molecule has 8 heteroatoms. The maximum atomic E-state index is 12.5. The largest absolute Gasteiger partial charge is 0.484 e. The molecule has 0 aromatic heterocycles. The quantitative estimate of drug-likeness (QED) is 0.764. The molecule has 1 fully saturated rings. The summed E-state index contributed by atoms with van der Waals surface area (Å²) in [6.45, 7) is 4.34. The van der Waals surface area contributed by atoms with Crippen LogP contribution in [0.4, 0.5) is 13.2 Å². The first-order valence-corrected chi connectivity index (χ1v) is 9.35. The van der Waals surface area contributed by atoms with Crippen LogP contribution in [0.2, 0.25) is 0 Å². The van der Waals surface area contributed by atoms with Gasteiger partial charge >= 0.3 is 6.18 Å². The molecule has 0 unspecified atom stereocenters. The highest BCUT2D eigenvalue weighted by Crippen LogP contribution is 2.30. The van der Waals surface area contributed by atoms with Gasteiger partial charge in [0.25, 0.3) is 5.91 Å². The number of morpholine rings is 1. The SMILES string of the molecule is O=C(COc1ccc(C(F)(F)F)cc1)NCc1ccc(CN2CCOCC2)cc1. The molecule has 1 heterocycles. The highest BCUT2D eigenvalue weighted by atomic mass is 19.4. The Morgan fingerprint density at radius 2 is 1.62 bits per heavy atom. The van der Waals surface area contributed by atoms with E-state index in [0.717, 1.165) is 50.5 Å². The van der Waals surface area contributed by atoms with E-state index in [1.807, 2.05) is 24.3 Å². The summed E-state index contributed by atoms with van der Waals surface area (Å²) in [5.41, 5.74) is 1.40. The molecule has 5 nitrogen and oxygen atoms in total. The molecule has 1 saturated heterocycles. The summed E-state index contributed by atoms with van der Waals surface area (Å²) in [5, 5.41) is 2.73. The maximum Gasteiger partial charge on any atom is 0.416 e. The van der Waals surface area contributed by atoms with Crippen LogP contribution in [-0.4, -0.2) is 43.7 Å². The first-order chi connectivity index (χ1) is 13.9. The summed E-state index contributed by atoms with van der Waals surface area (Å²) in [7, 11) is 0. The fourth-order valence-corrected chi connectivity index (χ4v) is 2.92. The number of benzene rings is 2. The topological polar surface area (TPSA) is 50.8 Å². The van der Waals surface area contributed by atoms with Crippen LogP contribution >= 0.6 is 0 Å². The van der Waals surface area contributed by atoms with Crippen LogP contribution in [0.25, 0.3) is 0 Å². The van der Waals surface area contributed by atoms with Crippen molar-refractivity contribution in [2.75, 3.05) is 32.9 Å². The zero-order valence-electron chi connectivity index (χ0n) is 15.9. The second kappa shape index (κ2) is 9.76. The van der Waals surface area contributed by atoms with Crippen molar-refractivity contribution in [3.8, 4) is 5.75 Å². The van der Waals surface area contributed by atoms with E-state index in [9.17, 15) is 18.0 Å². The number of ether oxygens (including phenoxy) is 2. The van der Waals surface area contributed by atoms with E-state index < -0.39 is 11.7 Å². The van der Waals surface area contributed by atoms with Crippen LogP contribution in [0.3, 0.4) is 0 Å². The van der Waals surface area contributed by atoms with Gasteiger partial charge in [-0.3, -0.25) is 9.69 Å². The maximum absolute atomic E-state index is 12.5. The minimum Gasteiger partial charge on any atom is -0.484 e. The predicted octanol–water partition coefficient (Wildman–Crippen LogP) is 3.23. The van der Waals surface area contributed by atoms with Gasteiger partial charge in [0.1, 0.15) is 5.75 Å². The Morgan fingerprint density at radius 3 is 2.24 bits per heavy atom. The first-order valence-electron chi connectivity index (χ1n) is 9.35. The lowest BCUT2D eigenvalue weighted by Gasteiger charge is -2.26. The van der Waals surface area contributed by atoms with Gasteiger partial charge in [0.05, 0.1) is 18.8 Å². The normalized spacial score (nSPS) is 15.1. The molecule has 1 amide bonds. The summed E-state index contributed by atoms with van der Waals surface area (Å²) in [6.07, 6.45) is -4.40. The second-order valence-corrected chi connectivity index (χ2v) is 6.79. The molecule has 29 heavy (non-hydrogen) atoms. The van der Waals surface area contributed by atoms with E-state index in [1.54, 1.807) is 0 Å². The molecule has 0 aliphatic carbocycles. The smallest absolute Gasteiger partial charge is 0.416 e. The van der Waals surface area contributed by atoms with Crippen molar-refractivity contribution in [1.82, 2.24) is 10.2 Å². The number of halogens is 3. The molecule has 1 aliphatic heterocycles. The molecular weight excluding hydrogens is 385 g/mol. The van der Waals surface area contributed by atoms with E-state index in [-0.39, 0.29) is 18.3 Å². The van der Waals surface area contributed by atoms with Gasteiger partial charge in [0, 0.05) is 26.2 Å². The Bertz CT molecular complexity index is 786. The third kappa shape index (κ3) is 6.76. The van der Waals surface area contributed by atoms with Crippen LogP contribution in [-0.2, 0) is 28.8 Å². The molecule has 1 N–H and O–H groups in total. The van der Waals surface area contributed by atoms with E-state index >= 15 is 0 Å². The molecule has 0 bridgehead atoms. The van der Waals surface area contributed by atoms with Gasteiger partial charge in [-0.2, -0.15) is 13.2 Å². The fraction of sp³-hybridized carbons (Fsp3) is 0.381. The molecule has 156 valence electrons. The van der Waals surface area contributed by atoms with E-state index in [2.05, 4.69) is 10.2 Å². The van der Waals surface area contributed by atoms with Crippen molar-refractivity contribution in [2.45, 2.75) is 19.3 Å². The van der Waals surface area contributed by atoms with Crippen molar-refractivity contribution < 1.29 is 27.4 Å². The molecule has 0 atom stereocenters. The van der Waals surface area contributed by atoms with Gasteiger partial charge in [0.2, 0.25) is 0 Å². The predicted molar refractivity (Wildman–Crippen MR) is 101 cm³/mol. The third-order valence-electron chi connectivity index (χ3n) is 4.57. The van der Waals surface area contributed by atoms with Crippen molar-refractivity contribution in [1.29, 1.82) is 0 Å². The number of amides is 1. The number of hydrogen-bond acceptors (Lipinski definition) is 4. The molecular formula is C21H23F3N2O3. The van der Waals surface area contributed by atoms with Crippen LogP contribution in [0.1, 0.15) is 16.7 Å². The van der Waals surface area contributed by atoms with Crippen molar-refractivity contribution >= 4 is 5.91 Å². The van der Waals surface area contributed by atoms with Crippen LogP contribution in [0.5, 0.6) is 5.75 Å². The zero-order valence-corrected chi connectivity index (χ0v) is 15.9. The Morgan fingerprint density at radius 1 is 1.00 bits per heavy atom. The number of carbonyl (C=O) groups excluding carboxylic acids is 1. The van der Waals surface area contributed by atoms with Gasteiger partial charge in [-0.15, -0.1) is 0 Å². The Kier molecular flexibility index (Phi) is 7.11. The number of carbonyl (C=O) groups is 1. The van der Waals surface area contributed by atoms with Crippen molar-refractivity contribution in [3.63, 3.8) is 0 Å². The lowest BCUT2D eigenvalue weighted by Crippen LogP contribution is -2.35. The third-order valence-corrected chi connectivity index (χ3v) is 4.57.